The Morgan fingerprint density at radius 3 is 2.71 bits per heavy atom. The fourth-order valence-electron chi connectivity index (χ4n) is 2.12. The van der Waals surface area contributed by atoms with Gasteiger partial charge in [0.1, 0.15) is 0 Å². The summed E-state index contributed by atoms with van der Waals surface area (Å²) < 4.78 is 1.53. The lowest BCUT2D eigenvalue weighted by atomic mass is 10.1. The summed E-state index contributed by atoms with van der Waals surface area (Å²) in [5, 5.41) is 2.10. The summed E-state index contributed by atoms with van der Waals surface area (Å²) in [7, 11) is 1.72. The molecule has 0 spiro atoms. The maximum absolute atomic E-state index is 12.1. The Morgan fingerprint density at radius 2 is 1.95 bits per heavy atom. The van der Waals surface area contributed by atoms with E-state index in [9.17, 15) is 4.79 Å². The third kappa shape index (κ3) is 2.71. The minimum Gasteiger partial charge on any atom is -0.317 e. The van der Waals surface area contributed by atoms with Gasteiger partial charge in [-0.05, 0) is 30.3 Å². The first-order valence-corrected chi connectivity index (χ1v) is 6.76. The molecular weight excluding hydrogens is 286 g/mol. The standard InChI is InChI=1S/C16H12ClN3O/c1-20-10-11(8-19-13-4-2-12(17)3-5-13)14-6-7-18-9-15(14)16(20)21/h2-10H,1H3. The predicted octanol–water partition coefficient (Wildman–Crippen LogP) is 3.34. The van der Waals surface area contributed by atoms with E-state index >= 15 is 0 Å². The minimum atomic E-state index is -0.0678. The highest BCUT2D eigenvalue weighted by atomic mass is 35.5. The number of hydrogen-bond acceptors (Lipinski definition) is 3. The second-order valence-corrected chi connectivity index (χ2v) is 5.09. The van der Waals surface area contributed by atoms with Gasteiger partial charge in [-0.2, -0.15) is 0 Å². The van der Waals surface area contributed by atoms with Gasteiger partial charge in [-0.1, -0.05) is 11.6 Å². The third-order valence-corrected chi connectivity index (χ3v) is 3.45. The number of aromatic nitrogens is 2. The van der Waals surface area contributed by atoms with E-state index in [1.165, 1.54) is 4.57 Å². The van der Waals surface area contributed by atoms with Crippen molar-refractivity contribution in [1.29, 1.82) is 0 Å². The van der Waals surface area contributed by atoms with Gasteiger partial charge < -0.3 is 4.57 Å². The van der Waals surface area contributed by atoms with E-state index in [-0.39, 0.29) is 5.56 Å². The number of hydrogen-bond donors (Lipinski definition) is 0. The highest BCUT2D eigenvalue weighted by molar-refractivity contribution is 6.30. The van der Waals surface area contributed by atoms with E-state index in [0.717, 1.165) is 16.6 Å². The molecule has 0 N–H and O–H groups in total. The van der Waals surface area contributed by atoms with E-state index in [1.807, 2.05) is 18.2 Å². The van der Waals surface area contributed by atoms with Crippen molar-refractivity contribution in [2.75, 3.05) is 0 Å². The first kappa shape index (κ1) is 13.5. The fraction of sp³-hybridized carbons (Fsp3) is 0.0625. The van der Waals surface area contributed by atoms with Gasteiger partial charge >= 0.3 is 0 Å². The quantitative estimate of drug-likeness (QED) is 0.681. The Bertz CT molecular complexity index is 882. The molecule has 3 rings (SSSR count). The van der Waals surface area contributed by atoms with E-state index in [4.69, 9.17) is 11.6 Å². The average Bonchev–Trinajstić information content (AvgIpc) is 2.51. The van der Waals surface area contributed by atoms with Crippen LogP contribution >= 0.6 is 11.6 Å². The van der Waals surface area contributed by atoms with Crippen molar-refractivity contribution in [3.8, 4) is 0 Å². The van der Waals surface area contributed by atoms with E-state index in [2.05, 4.69) is 9.98 Å². The molecule has 0 bridgehead atoms. The van der Waals surface area contributed by atoms with Crippen LogP contribution in [0.3, 0.4) is 0 Å². The first-order valence-electron chi connectivity index (χ1n) is 6.38. The molecule has 0 fully saturated rings. The Balaban J connectivity index is 2.10. The van der Waals surface area contributed by atoms with Crippen molar-refractivity contribution >= 4 is 34.3 Å². The van der Waals surface area contributed by atoms with Crippen molar-refractivity contribution in [3.63, 3.8) is 0 Å². The zero-order chi connectivity index (χ0) is 14.8. The lowest BCUT2D eigenvalue weighted by Gasteiger charge is -2.05. The molecule has 0 saturated carbocycles. The Hall–Kier alpha value is -2.46. The summed E-state index contributed by atoms with van der Waals surface area (Å²) in [6.07, 6.45) is 6.76. The molecule has 1 aromatic carbocycles. The van der Waals surface area contributed by atoms with Crippen molar-refractivity contribution in [3.05, 3.63) is 69.9 Å². The number of aryl methyl sites for hydroxylation is 1. The summed E-state index contributed by atoms with van der Waals surface area (Å²) in [6.45, 7) is 0. The summed E-state index contributed by atoms with van der Waals surface area (Å²) in [6, 6.07) is 9.07. The minimum absolute atomic E-state index is 0.0678. The van der Waals surface area contributed by atoms with Crippen molar-refractivity contribution in [2.45, 2.75) is 0 Å². The molecule has 5 heteroatoms. The topological polar surface area (TPSA) is 47.2 Å². The Kier molecular flexibility index (Phi) is 3.54. The number of nitrogens with zero attached hydrogens (tertiary/aromatic N) is 3. The summed E-state index contributed by atoms with van der Waals surface area (Å²) in [5.41, 5.74) is 1.60. The molecule has 0 saturated heterocycles. The number of pyridine rings is 2. The molecule has 0 aliphatic heterocycles. The van der Waals surface area contributed by atoms with Gasteiger partial charge in [0.05, 0.1) is 11.1 Å². The highest BCUT2D eigenvalue weighted by Crippen LogP contribution is 2.17. The molecular formula is C16H12ClN3O. The van der Waals surface area contributed by atoms with Crippen molar-refractivity contribution < 1.29 is 0 Å². The molecule has 3 aromatic rings. The second-order valence-electron chi connectivity index (χ2n) is 4.66. The van der Waals surface area contributed by atoms with Crippen LogP contribution in [0.25, 0.3) is 10.8 Å². The molecule has 0 radical (unpaired) electrons. The van der Waals surface area contributed by atoms with E-state index in [1.54, 1.807) is 44.0 Å². The highest BCUT2D eigenvalue weighted by Gasteiger charge is 2.05. The molecule has 2 heterocycles. The van der Waals surface area contributed by atoms with Crippen LogP contribution in [0.15, 0.2) is 58.7 Å². The van der Waals surface area contributed by atoms with Crippen LogP contribution < -0.4 is 5.56 Å². The molecule has 2 aromatic heterocycles. The normalized spacial score (nSPS) is 11.3. The van der Waals surface area contributed by atoms with Crippen LogP contribution in [0.1, 0.15) is 5.56 Å². The van der Waals surface area contributed by atoms with Gasteiger partial charge in [-0.25, -0.2) is 0 Å². The molecule has 4 nitrogen and oxygen atoms in total. The number of benzene rings is 1. The van der Waals surface area contributed by atoms with Gasteiger partial charge in [0, 0.05) is 47.8 Å². The fourth-order valence-corrected chi connectivity index (χ4v) is 2.24. The molecule has 0 unspecified atom stereocenters. The van der Waals surface area contributed by atoms with Gasteiger partial charge in [0.15, 0.2) is 0 Å². The molecule has 104 valence electrons. The lowest BCUT2D eigenvalue weighted by Crippen LogP contribution is -2.17. The van der Waals surface area contributed by atoms with E-state index in [0.29, 0.717) is 10.4 Å². The summed E-state index contributed by atoms with van der Waals surface area (Å²) >= 11 is 5.85. The SMILES string of the molecule is Cn1cc(C=Nc2ccc(Cl)cc2)c2ccncc2c1=O. The zero-order valence-corrected chi connectivity index (χ0v) is 12.1. The van der Waals surface area contributed by atoms with E-state index < -0.39 is 0 Å². The largest absolute Gasteiger partial charge is 0.317 e. The molecule has 21 heavy (non-hydrogen) atoms. The van der Waals surface area contributed by atoms with Gasteiger partial charge in [0.2, 0.25) is 0 Å². The number of fused-ring (bicyclic) bond motifs is 1. The number of halogens is 1. The molecule has 0 aliphatic carbocycles. The van der Waals surface area contributed by atoms with Crippen LogP contribution in [0, 0.1) is 0 Å². The monoisotopic (exact) mass is 297 g/mol. The van der Waals surface area contributed by atoms with Gasteiger partial charge in [-0.15, -0.1) is 0 Å². The smallest absolute Gasteiger partial charge is 0.259 e. The van der Waals surface area contributed by atoms with Crippen molar-refractivity contribution in [2.24, 2.45) is 12.0 Å². The van der Waals surface area contributed by atoms with Gasteiger partial charge in [-0.3, -0.25) is 14.8 Å². The Labute approximate surface area is 126 Å². The van der Waals surface area contributed by atoms with Crippen LogP contribution in [0.2, 0.25) is 5.02 Å². The lowest BCUT2D eigenvalue weighted by molar-refractivity contribution is 0.871. The van der Waals surface area contributed by atoms with Crippen LogP contribution in [0.5, 0.6) is 0 Å². The van der Waals surface area contributed by atoms with Crippen molar-refractivity contribution in [1.82, 2.24) is 9.55 Å². The molecule has 0 atom stereocenters. The maximum Gasteiger partial charge on any atom is 0.259 e. The Morgan fingerprint density at radius 1 is 1.19 bits per heavy atom. The van der Waals surface area contributed by atoms with Crippen LogP contribution in [-0.4, -0.2) is 15.8 Å². The number of rotatable bonds is 2. The third-order valence-electron chi connectivity index (χ3n) is 3.19. The average molecular weight is 298 g/mol. The van der Waals surface area contributed by atoms with Gasteiger partial charge in [0.25, 0.3) is 5.56 Å². The molecule has 0 aliphatic rings. The summed E-state index contributed by atoms with van der Waals surface area (Å²) in [5.74, 6) is 0. The number of aliphatic imine (C=N–C) groups is 1. The maximum atomic E-state index is 12.1. The second kappa shape index (κ2) is 5.50. The zero-order valence-electron chi connectivity index (χ0n) is 11.3. The molecule has 0 amide bonds. The first-order chi connectivity index (χ1) is 10.1. The summed E-state index contributed by atoms with van der Waals surface area (Å²) in [4.78, 5) is 20.5. The van der Waals surface area contributed by atoms with Crippen LogP contribution in [0.4, 0.5) is 5.69 Å². The van der Waals surface area contributed by atoms with Crippen LogP contribution in [-0.2, 0) is 7.05 Å². The predicted molar refractivity (Wildman–Crippen MR) is 85.7 cm³/mol.